The average molecular weight is 349 g/mol. The Bertz CT molecular complexity index is 819. The molecule has 1 atom stereocenters. The molecule has 4 rings (SSSR count). The Morgan fingerprint density at radius 2 is 1.88 bits per heavy atom. The van der Waals surface area contributed by atoms with Gasteiger partial charge < -0.3 is 15.5 Å². The first-order valence-corrected chi connectivity index (χ1v) is 9.17. The van der Waals surface area contributed by atoms with Crippen molar-refractivity contribution < 1.29 is 9.59 Å². The molecule has 0 bridgehead atoms. The molecular formula is C21H23N3O2. The molecule has 0 radical (unpaired) electrons. The number of fused-ring (bicyclic) bond motifs is 1. The number of hydrogen-bond acceptors (Lipinski definition) is 3. The summed E-state index contributed by atoms with van der Waals surface area (Å²) < 4.78 is 0. The van der Waals surface area contributed by atoms with Crippen LogP contribution in [0.25, 0.3) is 0 Å². The van der Waals surface area contributed by atoms with E-state index in [-0.39, 0.29) is 17.9 Å². The lowest BCUT2D eigenvalue weighted by Gasteiger charge is -2.24. The maximum absolute atomic E-state index is 12.7. The number of carbonyl (C=O) groups is 2. The van der Waals surface area contributed by atoms with E-state index >= 15 is 0 Å². The van der Waals surface area contributed by atoms with E-state index in [4.69, 9.17) is 0 Å². The molecule has 2 aliphatic rings. The molecule has 2 aromatic rings. The van der Waals surface area contributed by atoms with Gasteiger partial charge in [0.2, 0.25) is 5.91 Å². The van der Waals surface area contributed by atoms with Crippen molar-refractivity contribution in [2.45, 2.75) is 38.5 Å². The van der Waals surface area contributed by atoms with Crippen molar-refractivity contribution >= 4 is 11.8 Å². The summed E-state index contributed by atoms with van der Waals surface area (Å²) in [5, 5.41) is 6.34. The van der Waals surface area contributed by atoms with E-state index in [1.807, 2.05) is 18.2 Å². The molecule has 2 amide bonds. The maximum atomic E-state index is 12.7. The third kappa shape index (κ3) is 3.35. The number of nitrogens with one attached hydrogen (secondary N) is 2. The summed E-state index contributed by atoms with van der Waals surface area (Å²) in [6.07, 6.45) is 1.58. The first-order chi connectivity index (χ1) is 12.7. The van der Waals surface area contributed by atoms with E-state index < -0.39 is 0 Å². The van der Waals surface area contributed by atoms with E-state index in [0.717, 1.165) is 31.5 Å². The number of nitrogens with zero attached hydrogens (tertiary/aromatic N) is 1. The van der Waals surface area contributed by atoms with Crippen LogP contribution in [-0.2, 0) is 24.4 Å². The molecule has 0 spiro atoms. The lowest BCUT2D eigenvalue weighted by molar-refractivity contribution is -0.125. The number of benzene rings is 2. The zero-order valence-electron chi connectivity index (χ0n) is 14.7. The van der Waals surface area contributed by atoms with E-state index in [2.05, 4.69) is 28.8 Å². The Morgan fingerprint density at radius 3 is 2.73 bits per heavy atom. The Kier molecular flexibility index (Phi) is 4.71. The lowest BCUT2D eigenvalue weighted by Crippen LogP contribution is -2.45. The zero-order valence-corrected chi connectivity index (χ0v) is 14.7. The molecule has 1 saturated heterocycles. The molecule has 1 unspecified atom stereocenters. The molecule has 0 aliphatic carbocycles. The number of rotatable bonds is 4. The van der Waals surface area contributed by atoms with Gasteiger partial charge in [-0.15, -0.1) is 0 Å². The number of carbonyl (C=O) groups excluding carboxylic acids is 2. The monoisotopic (exact) mass is 349 g/mol. The molecule has 2 aromatic carbocycles. The Hall–Kier alpha value is -2.66. The third-order valence-electron chi connectivity index (χ3n) is 5.21. The minimum Gasteiger partial charge on any atom is -0.350 e. The summed E-state index contributed by atoms with van der Waals surface area (Å²) in [4.78, 5) is 27.1. The smallest absolute Gasteiger partial charge is 0.254 e. The number of amides is 2. The molecule has 134 valence electrons. The van der Waals surface area contributed by atoms with Crippen molar-refractivity contribution in [3.63, 3.8) is 0 Å². The van der Waals surface area contributed by atoms with Gasteiger partial charge >= 0.3 is 0 Å². The van der Waals surface area contributed by atoms with Crippen molar-refractivity contribution in [3.8, 4) is 0 Å². The molecule has 2 aliphatic heterocycles. The van der Waals surface area contributed by atoms with Gasteiger partial charge in [0.25, 0.3) is 5.91 Å². The molecule has 2 heterocycles. The quantitative estimate of drug-likeness (QED) is 0.890. The van der Waals surface area contributed by atoms with Gasteiger partial charge in [0, 0.05) is 31.7 Å². The highest BCUT2D eigenvalue weighted by molar-refractivity contribution is 5.97. The lowest BCUT2D eigenvalue weighted by atomic mass is 10.1. The highest BCUT2D eigenvalue weighted by Crippen LogP contribution is 2.21. The van der Waals surface area contributed by atoms with Crippen molar-refractivity contribution in [2.75, 3.05) is 6.54 Å². The van der Waals surface area contributed by atoms with Gasteiger partial charge in [-0.05, 0) is 41.7 Å². The van der Waals surface area contributed by atoms with Crippen LogP contribution in [0.2, 0.25) is 0 Å². The molecule has 0 saturated carbocycles. The van der Waals surface area contributed by atoms with Crippen LogP contribution >= 0.6 is 0 Å². The summed E-state index contributed by atoms with van der Waals surface area (Å²) in [7, 11) is 0. The van der Waals surface area contributed by atoms with Crippen LogP contribution in [0.15, 0.2) is 48.5 Å². The molecule has 1 fully saturated rings. The minimum absolute atomic E-state index is 0.0631. The number of hydrogen-bond donors (Lipinski definition) is 2. The SMILES string of the molecule is O=C(NCc1ccc2c(c1)CNC2)C1CCCN1C(=O)c1ccccc1. The minimum atomic E-state index is -0.376. The zero-order chi connectivity index (χ0) is 17.9. The van der Waals surface area contributed by atoms with Crippen LogP contribution in [0.3, 0.4) is 0 Å². The fourth-order valence-corrected chi connectivity index (χ4v) is 3.79. The second-order valence-corrected chi connectivity index (χ2v) is 6.95. The summed E-state index contributed by atoms with van der Waals surface area (Å²) in [5.41, 5.74) is 4.37. The normalized spacial score (nSPS) is 18.6. The van der Waals surface area contributed by atoms with Crippen LogP contribution in [0.4, 0.5) is 0 Å². The second-order valence-electron chi connectivity index (χ2n) is 6.95. The molecule has 26 heavy (non-hydrogen) atoms. The van der Waals surface area contributed by atoms with Gasteiger partial charge in [-0.3, -0.25) is 9.59 Å². The standard InChI is InChI=1S/C21H23N3O2/c25-20(23-12-15-8-9-17-13-22-14-18(17)11-15)19-7-4-10-24(19)21(26)16-5-2-1-3-6-16/h1-3,5-6,8-9,11,19,22H,4,7,10,12-14H2,(H,23,25). The highest BCUT2D eigenvalue weighted by atomic mass is 16.2. The Balaban J connectivity index is 1.40. The molecule has 2 N–H and O–H groups in total. The summed E-state index contributed by atoms with van der Waals surface area (Å²) in [5.74, 6) is -0.128. The third-order valence-corrected chi connectivity index (χ3v) is 5.21. The topological polar surface area (TPSA) is 61.4 Å². The molecule has 0 aromatic heterocycles. The van der Waals surface area contributed by atoms with Gasteiger partial charge in [0.15, 0.2) is 0 Å². The number of likely N-dealkylation sites (tertiary alicyclic amines) is 1. The largest absolute Gasteiger partial charge is 0.350 e. The maximum Gasteiger partial charge on any atom is 0.254 e. The first-order valence-electron chi connectivity index (χ1n) is 9.17. The predicted octanol–water partition coefficient (Wildman–Crippen LogP) is 2.21. The van der Waals surface area contributed by atoms with Crippen LogP contribution in [0.5, 0.6) is 0 Å². The first kappa shape index (κ1) is 16.8. The van der Waals surface area contributed by atoms with E-state index in [0.29, 0.717) is 18.7 Å². The van der Waals surface area contributed by atoms with E-state index in [1.54, 1.807) is 17.0 Å². The van der Waals surface area contributed by atoms with Crippen molar-refractivity contribution in [1.29, 1.82) is 0 Å². The Labute approximate surface area is 153 Å². The fraction of sp³-hybridized carbons (Fsp3) is 0.333. The van der Waals surface area contributed by atoms with E-state index in [9.17, 15) is 9.59 Å². The Morgan fingerprint density at radius 1 is 1.08 bits per heavy atom. The van der Waals surface area contributed by atoms with Crippen LogP contribution in [0, 0.1) is 0 Å². The molecular weight excluding hydrogens is 326 g/mol. The van der Waals surface area contributed by atoms with Gasteiger partial charge in [-0.25, -0.2) is 0 Å². The van der Waals surface area contributed by atoms with Gasteiger partial charge in [-0.1, -0.05) is 36.4 Å². The van der Waals surface area contributed by atoms with Gasteiger partial charge in [-0.2, -0.15) is 0 Å². The van der Waals surface area contributed by atoms with Crippen molar-refractivity contribution in [2.24, 2.45) is 0 Å². The predicted molar refractivity (Wildman–Crippen MR) is 99.3 cm³/mol. The van der Waals surface area contributed by atoms with Crippen LogP contribution in [0.1, 0.15) is 39.9 Å². The molecule has 5 nitrogen and oxygen atoms in total. The molecule has 5 heteroatoms. The second kappa shape index (κ2) is 7.30. The summed E-state index contributed by atoms with van der Waals surface area (Å²) >= 11 is 0. The van der Waals surface area contributed by atoms with E-state index in [1.165, 1.54) is 11.1 Å². The van der Waals surface area contributed by atoms with Gasteiger partial charge in [0.1, 0.15) is 6.04 Å². The van der Waals surface area contributed by atoms with Crippen LogP contribution < -0.4 is 10.6 Å². The summed E-state index contributed by atoms with van der Waals surface area (Å²) in [6.45, 7) is 2.94. The van der Waals surface area contributed by atoms with Crippen molar-refractivity contribution in [1.82, 2.24) is 15.5 Å². The van der Waals surface area contributed by atoms with Gasteiger partial charge in [0.05, 0.1) is 0 Å². The summed E-state index contributed by atoms with van der Waals surface area (Å²) in [6, 6.07) is 15.1. The fourth-order valence-electron chi connectivity index (χ4n) is 3.79. The van der Waals surface area contributed by atoms with Crippen LogP contribution in [-0.4, -0.2) is 29.3 Å². The van der Waals surface area contributed by atoms with Crippen molar-refractivity contribution in [3.05, 3.63) is 70.8 Å². The average Bonchev–Trinajstić information content (AvgIpc) is 3.35. The highest BCUT2D eigenvalue weighted by Gasteiger charge is 2.34.